The van der Waals surface area contributed by atoms with Crippen LogP contribution in [0.1, 0.15) is 207 Å². The van der Waals surface area contributed by atoms with Crippen molar-refractivity contribution in [1.29, 1.82) is 0 Å². The summed E-state index contributed by atoms with van der Waals surface area (Å²) >= 11 is 0. The minimum atomic E-state index is -0.468. The Bertz CT molecular complexity index is 3240. The summed E-state index contributed by atoms with van der Waals surface area (Å²) in [6.07, 6.45) is 13.0. The summed E-state index contributed by atoms with van der Waals surface area (Å²) in [6.45, 7) is 14.5. The lowest BCUT2D eigenvalue weighted by Crippen LogP contribution is -2.57. The van der Waals surface area contributed by atoms with E-state index in [1.54, 1.807) is 0 Å². The van der Waals surface area contributed by atoms with Crippen molar-refractivity contribution in [3.8, 4) is 0 Å². The first kappa shape index (κ1) is 83.8. The lowest BCUT2D eigenvalue weighted by atomic mass is 9.97. The summed E-state index contributed by atoms with van der Waals surface area (Å²) in [7, 11) is 0. The molecule has 4 aromatic rings. The molecule has 23 N–H and O–H groups in total. The summed E-state index contributed by atoms with van der Waals surface area (Å²) in [5.74, 6) is -1.77. The Morgan fingerprint density at radius 2 is 0.710 bits per heavy atom. The highest BCUT2D eigenvalue weighted by Gasteiger charge is 2.27. The zero-order valence-corrected chi connectivity index (χ0v) is 60.6. The van der Waals surface area contributed by atoms with E-state index in [1.165, 1.54) is 6.92 Å². The molecule has 2 aromatic heterocycles. The van der Waals surface area contributed by atoms with E-state index in [0.717, 1.165) is 45.8 Å². The molecule has 556 valence electrons. The third kappa shape index (κ3) is 34.5. The molecule has 0 fully saturated rings. The first-order valence-electron chi connectivity index (χ1n) is 36.3. The number of hydrogen-bond acceptors (Lipinski definition) is 12. The maximum Gasteiger partial charge on any atom is 0.308 e. The van der Waals surface area contributed by atoms with Gasteiger partial charge >= 0.3 is 5.91 Å². The molecule has 27 heteroatoms. The third-order valence-corrected chi connectivity index (χ3v) is 18.3. The molecular formula is C73H121N18O9+. The predicted octanol–water partition coefficient (Wildman–Crippen LogP) is 4.55. The number of amides is 9. The van der Waals surface area contributed by atoms with Gasteiger partial charge in [-0.25, -0.2) is 4.79 Å². The number of guanidine groups is 2. The van der Waals surface area contributed by atoms with Crippen molar-refractivity contribution in [3.05, 3.63) is 72.1 Å². The molecule has 0 radical (unpaired) electrons. The smallest absolute Gasteiger partial charge is 0.308 e. The van der Waals surface area contributed by atoms with E-state index in [1.807, 2.05) is 102 Å². The Balaban J connectivity index is 1.41. The van der Waals surface area contributed by atoms with Gasteiger partial charge in [0, 0.05) is 147 Å². The molecule has 0 saturated heterocycles. The lowest BCUT2D eigenvalue weighted by Gasteiger charge is -2.25. The van der Waals surface area contributed by atoms with Crippen LogP contribution < -0.4 is 76.9 Å². The number of aromatic nitrogens is 2. The number of carbonyl (C=O) groups excluding carboxylic acids is 9. The number of quaternary nitrogens is 1. The van der Waals surface area contributed by atoms with E-state index in [2.05, 4.69) is 68.2 Å². The fraction of sp³-hybridized carbons (Fsp3) is 0.630. The molecule has 0 aliphatic carbocycles. The topological polar surface area (TPSA) is 464 Å². The first-order valence-corrected chi connectivity index (χ1v) is 36.3. The molecule has 27 nitrogen and oxygen atoms in total. The molecule has 0 spiro atoms. The lowest BCUT2D eigenvalue weighted by molar-refractivity contribution is -0.306. The van der Waals surface area contributed by atoms with Gasteiger partial charge in [0.1, 0.15) is 0 Å². The number of aromatic amines is 2. The average Bonchev–Trinajstić information content (AvgIpc) is 1.69. The molecule has 2 heterocycles. The van der Waals surface area contributed by atoms with Crippen LogP contribution >= 0.6 is 0 Å². The number of fused-ring (bicyclic) bond motifs is 2. The van der Waals surface area contributed by atoms with E-state index < -0.39 is 18.1 Å². The van der Waals surface area contributed by atoms with Gasteiger partial charge in [0.05, 0.1) is 6.42 Å². The second-order valence-electron chi connectivity index (χ2n) is 27.9. The fourth-order valence-electron chi connectivity index (χ4n) is 12.5. The van der Waals surface area contributed by atoms with E-state index >= 15 is 0 Å². The molecular weight excluding hydrogens is 1270 g/mol. The fourth-order valence-corrected chi connectivity index (χ4v) is 12.5. The van der Waals surface area contributed by atoms with Crippen LogP contribution in [0.3, 0.4) is 0 Å². The highest BCUT2D eigenvalue weighted by molar-refractivity contribution is 5.85. The van der Waals surface area contributed by atoms with E-state index in [4.69, 9.17) is 28.7 Å². The second kappa shape index (κ2) is 46.0. The zero-order valence-electron chi connectivity index (χ0n) is 60.6. The quantitative estimate of drug-likeness (QED) is 0.0164. The van der Waals surface area contributed by atoms with Gasteiger partial charge in [-0.15, -0.1) is 0 Å². The van der Waals surface area contributed by atoms with Gasteiger partial charge in [-0.05, 0) is 150 Å². The molecule has 100 heavy (non-hydrogen) atoms. The normalized spacial score (nSPS) is 13.8. The molecule has 0 bridgehead atoms. The number of nitrogens with zero attached hydrogens (tertiary/aromatic N) is 2. The third-order valence-electron chi connectivity index (χ3n) is 18.3. The van der Waals surface area contributed by atoms with Crippen LogP contribution in [0.2, 0.25) is 0 Å². The first-order chi connectivity index (χ1) is 47.7. The summed E-state index contributed by atoms with van der Waals surface area (Å²) in [6, 6.07) is 13.1. The summed E-state index contributed by atoms with van der Waals surface area (Å²) in [5, 5.41) is 27.0. The van der Waals surface area contributed by atoms with Crippen LogP contribution in [0, 0.1) is 17.8 Å². The van der Waals surface area contributed by atoms with Crippen LogP contribution in [-0.4, -0.2) is 143 Å². The average molecular weight is 1390 g/mol. The Morgan fingerprint density at radius 1 is 0.400 bits per heavy atom. The minimum absolute atomic E-state index is 0.0404. The van der Waals surface area contributed by atoms with Gasteiger partial charge in [0.25, 0.3) is 0 Å². The number of unbranched alkanes of at least 4 members (excludes halogenated alkanes) is 1. The van der Waals surface area contributed by atoms with Crippen molar-refractivity contribution in [3.63, 3.8) is 0 Å². The number of para-hydroxylation sites is 2. The standard InChI is InChI=1S/C73H120N18O9/c1-46(2)59(84-49(7)92)29-37-68(97)85-52(16-12-13-39-74)23-32-66(95)89-56(43-51-45-83-63-22-11-9-20-58(51)63)27-36-71(100)91-61(48(5)6)30-38-69(98)87-53(17-14-40-80-72(76)77)24-33-67(96)88-55(42-50-44-82-62-21-10-8-19-57(50)62)26-35-65(94)86-54(18-15-41-81-73(78)79)25-34-70(99)90-60(47(3)4)28-31-64(75)93/h8-11,19-22,44-48,52-56,59-61,82-83H,12-18,23-43,74H2,1-7H3,(H2,75,93)(H,84,92)(H,85,97)(H,86,94)(H,87,98)(H,88,96)(H,89,95)(H,90,99)(H,91,100)(H4,76,77,80)(H4,78,79,81)/p+1. The van der Waals surface area contributed by atoms with Crippen LogP contribution in [0.5, 0.6) is 0 Å². The number of aliphatic imine (C=N–C) groups is 2. The number of benzene rings is 2. The molecule has 8 atom stereocenters. The molecule has 9 amide bonds. The van der Waals surface area contributed by atoms with Crippen molar-refractivity contribution in [1.82, 2.24) is 52.5 Å². The van der Waals surface area contributed by atoms with Gasteiger partial charge in [0.2, 0.25) is 47.3 Å². The summed E-state index contributed by atoms with van der Waals surface area (Å²) in [4.78, 5) is 135. The van der Waals surface area contributed by atoms with Crippen LogP contribution in [-0.2, 0) is 56.0 Å². The van der Waals surface area contributed by atoms with E-state index in [9.17, 15) is 43.2 Å². The van der Waals surface area contributed by atoms with Gasteiger partial charge in [-0.1, -0.05) is 84.4 Å². The largest absolute Gasteiger partial charge is 0.370 e. The number of hydrogen-bond donors (Lipinski definition) is 16. The van der Waals surface area contributed by atoms with Crippen molar-refractivity contribution in [2.75, 3.05) is 19.6 Å². The number of H-pyrrole nitrogens is 2. The maximum atomic E-state index is 14.1. The van der Waals surface area contributed by atoms with Gasteiger partial charge in [0.15, 0.2) is 11.9 Å². The maximum absolute atomic E-state index is 14.1. The number of rotatable bonds is 51. The molecule has 0 saturated carbocycles. The summed E-state index contributed by atoms with van der Waals surface area (Å²) < 4.78 is 0. The number of nitrogens with one attached hydrogen (secondary N) is 10. The Kier molecular flexibility index (Phi) is 38.5. The van der Waals surface area contributed by atoms with Crippen LogP contribution in [0.4, 0.5) is 0 Å². The molecule has 8 unspecified atom stereocenters. The van der Waals surface area contributed by atoms with Gasteiger partial charge < -0.3 is 81.2 Å². The highest BCUT2D eigenvalue weighted by atomic mass is 16.2. The van der Waals surface area contributed by atoms with E-state index in [0.29, 0.717) is 110 Å². The molecule has 2 aromatic carbocycles. The molecule has 0 aliphatic rings. The molecule has 0 aliphatic heterocycles. The van der Waals surface area contributed by atoms with Crippen LogP contribution in [0.15, 0.2) is 70.9 Å². The monoisotopic (exact) mass is 1390 g/mol. The van der Waals surface area contributed by atoms with Crippen LogP contribution in [0.25, 0.3) is 21.8 Å². The molecule has 4 rings (SSSR count). The van der Waals surface area contributed by atoms with Crippen molar-refractivity contribution < 1.29 is 48.9 Å². The zero-order chi connectivity index (χ0) is 73.5. The predicted molar refractivity (Wildman–Crippen MR) is 394 cm³/mol. The van der Waals surface area contributed by atoms with Gasteiger partial charge in [-0.2, -0.15) is 0 Å². The summed E-state index contributed by atoms with van der Waals surface area (Å²) in [5.41, 5.74) is 35.6. The Hall–Kier alpha value is -8.59. The SMILES string of the molecule is CC(=O)NC(CCC(=O)NC(CCCCN)CCC(=O)NC(CCC(=O)NC(CCC(=O)NC(CCCN=C(N)N)CCC(=O)NC(CCC(=O)NC(CCCN=C(N)N)CCC(=O)NC(CCC([NH3+])=O)C(C)C)Cc1c[nH]c2ccccc12)C(C)C)Cc1c[nH]c2ccccc12)C(C)C. The van der Waals surface area contributed by atoms with Crippen molar-refractivity contribution in [2.45, 2.75) is 257 Å². The Morgan fingerprint density at radius 3 is 1.05 bits per heavy atom. The second-order valence-corrected chi connectivity index (χ2v) is 27.9. The van der Waals surface area contributed by atoms with E-state index in [-0.39, 0.29) is 171 Å². The van der Waals surface area contributed by atoms with Crippen molar-refractivity contribution >= 4 is 86.9 Å². The Labute approximate surface area is 591 Å². The number of carbonyl (C=O) groups is 9. The van der Waals surface area contributed by atoms with Gasteiger partial charge in [-0.3, -0.25) is 54.1 Å². The minimum Gasteiger partial charge on any atom is -0.370 e. The van der Waals surface area contributed by atoms with Crippen molar-refractivity contribution in [2.24, 2.45) is 56.4 Å². The number of nitrogens with two attached hydrogens (primary N) is 5. The highest BCUT2D eigenvalue weighted by Crippen LogP contribution is 2.24.